The number of aliphatic imine (C=N–C) groups is 1. The van der Waals surface area contributed by atoms with Crippen molar-refractivity contribution in [3.63, 3.8) is 0 Å². The average molecular weight is 266 g/mol. The molecule has 2 nitrogen and oxygen atoms in total. The standard InChI is InChI=1S/C15H26N2S/c1-12-7-3-4-8-13(12)16-14-17-15(11-18-14)9-5-2-6-10-15/h12-13H,2-11H2,1H3,(H,16,17). The van der Waals surface area contributed by atoms with Crippen LogP contribution >= 0.6 is 11.8 Å². The van der Waals surface area contributed by atoms with Gasteiger partial charge in [-0.25, -0.2) is 0 Å². The lowest BCUT2D eigenvalue weighted by molar-refractivity contribution is 0.301. The van der Waals surface area contributed by atoms with Crippen molar-refractivity contribution in [1.29, 1.82) is 0 Å². The van der Waals surface area contributed by atoms with Gasteiger partial charge in [-0.3, -0.25) is 4.99 Å². The molecular weight excluding hydrogens is 240 g/mol. The second kappa shape index (κ2) is 5.44. The van der Waals surface area contributed by atoms with Crippen LogP contribution in [0, 0.1) is 5.92 Å². The first-order valence-electron chi connectivity index (χ1n) is 7.76. The Hall–Kier alpha value is -0.180. The second-order valence-corrected chi connectivity index (χ2v) is 7.48. The van der Waals surface area contributed by atoms with Gasteiger partial charge in [0.25, 0.3) is 0 Å². The van der Waals surface area contributed by atoms with E-state index in [1.807, 2.05) is 11.8 Å². The molecule has 0 aromatic heterocycles. The summed E-state index contributed by atoms with van der Waals surface area (Å²) in [4.78, 5) is 5.03. The van der Waals surface area contributed by atoms with E-state index in [4.69, 9.17) is 4.99 Å². The summed E-state index contributed by atoms with van der Waals surface area (Å²) in [5.74, 6) is 2.05. The van der Waals surface area contributed by atoms with E-state index in [2.05, 4.69) is 12.2 Å². The van der Waals surface area contributed by atoms with Gasteiger partial charge in [0.1, 0.15) is 0 Å². The summed E-state index contributed by atoms with van der Waals surface area (Å²) in [6.45, 7) is 2.38. The zero-order valence-corrected chi connectivity index (χ0v) is 12.4. The van der Waals surface area contributed by atoms with E-state index >= 15 is 0 Å². The summed E-state index contributed by atoms with van der Waals surface area (Å²) >= 11 is 1.98. The Kier molecular flexibility index (Phi) is 3.88. The lowest BCUT2D eigenvalue weighted by Crippen LogP contribution is -2.45. The molecule has 2 atom stereocenters. The van der Waals surface area contributed by atoms with Crippen molar-refractivity contribution in [2.75, 3.05) is 5.75 Å². The van der Waals surface area contributed by atoms with E-state index in [9.17, 15) is 0 Å². The molecule has 0 aromatic rings. The number of rotatable bonds is 1. The smallest absolute Gasteiger partial charge is 0.157 e. The van der Waals surface area contributed by atoms with Crippen molar-refractivity contribution < 1.29 is 0 Å². The summed E-state index contributed by atoms with van der Waals surface area (Å²) in [6.07, 6.45) is 12.4. The van der Waals surface area contributed by atoms with Crippen LogP contribution in [0.5, 0.6) is 0 Å². The van der Waals surface area contributed by atoms with Crippen LogP contribution in [0.25, 0.3) is 0 Å². The monoisotopic (exact) mass is 266 g/mol. The van der Waals surface area contributed by atoms with E-state index in [1.165, 1.54) is 68.7 Å². The average Bonchev–Trinajstić information content (AvgIpc) is 2.76. The molecule has 3 rings (SSSR count). The van der Waals surface area contributed by atoms with Crippen LogP contribution in [0.15, 0.2) is 4.99 Å². The van der Waals surface area contributed by atoms with E-state index < -0.39 is 0 Å². The fourth-order valence-corrected chi connectivity index (χ4v) is 4.98. The van der Waals surface area contributed by atoms with Crippen molar-refractivity contribution in [3.05, 3.63) is 0 Å². The van der Waals surface area contributed by atoms with Crippen molar-refractivity contribution in [2.24, 2.45) is 10.9 Å². The fraction of sp³-hybridized carbons (Fsp3) is 0.933. The molecule has 1 saturated heterocycles. The lowest BCUT2D eigenvalue weighted by Gasteiger charge is -2.33. The quantitative estimate of drug-likeness (QED) is 0.777. The van der Waals surface area contributed by atoms with Gasteiger partial charge in [0.2, 0.25) is 0 Å². The Bertz CT molecular complexity index is 320. The van der Waals surface area contributed by atoms with Gasteiger partial charge in [-0.05, 0) is 31.6 Å². The first-order valence-corrected chi connectivity index (χ1v) is 8.75. The normalized spacial score (nSPS) is 37.9. The van der Waals surface area contributed by atoms with Crippen molar-refractivity contribution in [1.82, 2.24) is 5.32 Å². The van der Waals surface area contributed by atoms with Crippen molar-refractivity contribution >= 4 is 16.9 Å². The Morgan fingerprint density at radius 1 is 1.11 bits per heavy atom. The largest absolute Gasteiger partial charge is 0.359 e. The topological polar surface area (TPSA) is 24.4 Å². The van der Waals surface area contributed by atoms with Crippen LogP contribution in [-0.4, -0.2) is 22.5 Å². The highest BCUT2D eigenvalue weighted by Gasteiger charge is 2.38. The van der Waals surface area contributed by atoms with Crippen LogP contribution in [0.2, 0.25) is 0 Å². The number of hydrogen-bond acceptors (Lipinski definition) is 2. The number of nitrogens with one attached hydrogen (secondary N) is 1. The third-order valence-corrected chi connectivity index (χ3v) is 6.20. The Morgan fingerprint density at radius 2 is 1.89 bits per heavy atom. The molecule has 1 N–H and O–H groups in total. The van der Waals surface area contributed by atoms with Gasteiger partial charge in [0, 0.05) is 11.3 Å². The Balaban J connectivity index is 1.63. The maximum atomic E-state index is 5.03. The molecule has 0 radical (unpaired) electrons. The lowest BCUT2D eigenvalue weighted by atomic mass is 9.83. The minimum Gasteiger partial charge on any atom is -0.359 e. The molecule has 1 heterocycles. The number of hydrogen-bond donors (Lipinski definition) is 1. The van der Waals surface area contributed by atoms with Crippen LogP contribution in [0.3, 0.4) is 0 Å². The molecule has 1 aliphatic heterocycles. The van der Waals surface area contributed by atoms with E-state index in [0.717, 1.165) is 5.92 Å². The maximum absolute atomic E-state index is 5.03. The Labute approximate surface area is 115 Å². The molecular formula is C15H26N2S. The third kappa shape index (κ3) is 2.71. The fourth-order valence-electron chi connectivity index (χ4n) is 3.71. The first kappa shape index (κ1) is 12.8. The zero-order chi connectivity index (χ0) is 12.4. The molecule has 3 heteroatoms. The highest BCUT2D eigenvalue weighted by Crippen LogP contribution is 2.37. The predicted molar refractivity (Wildman–Crippen MR) is 80.3 cm³/mol. The molecule has 0 bridgehead atoms. The Morgan fingerprint density at radius 3 is 2.67 bits per heavy atom. The number of thioether (sulfide) groups is 1. The molecule has 2 saturated carbocycles. The van der Waals surface area contributed by atoms with E-state index in [0.29, 0.717) is 11.6 Å². The van der Waals surface area contributed by atoms with Gasteiger partial charge in [-0.15, -0.1) is 0 Å². The second-order valence-electron chi connectivity index (χ2n) is 6.52. The highest BCUT2D eigenvalue weighted by atomic mass is 32.2. The van der Waals surface area contributed by atoms with Crippen molar-refractivity contribution in [3.8, 4) is 0 Å². The molecule has 1 spiro atoms. The van der Waals surface area contributed by atoms with Crippen LogP contribution in [-0.2, 0) is 0 Å². The zero-order valence-electron chi connectivity index (χ0n) is 11.6. The summed E-state index contributed by atoms with van der Waals surface area (Å²) in [6, 6.07) is 0.590. The number of amidine groups is 1. The van der Waals surface area contributed by atoms with Gasteiger partial charge in [-0.2, -0.15) is 0 Å². The van der Waals surface area contributed by atoms with Gasteiger partial charge >= 0.3 is 0 Å². The molecule has 0 amide bonds. The summed E-state index contributed by atoms with van der Waals surface area (Å²) < 4.78 is 0. The van der Waals surface area contributed by atoms with E-state index in [-0.39, 0.29) is 0 Å². The molecule has 18 heavy (non-hydrogen) atoms. The number of nitrogens with zero attached hydrogens (tertiary/aromatic N) is 1. The predicted octanol–water partition coefficient (Wildman–Crippen LogP) is 3.96. The van der Waals surface area contributed by atoms with Gasteiger partial charge < -0.3 is 5.32 Å². The van der Waals surface area contributed by atoms with Gasteiger partial charge in [0.05, 0.1) is 6.04 Å². The summed E-state index contributed by atoms with van der Waals surface area (Å²) in [5, 5.41) is 5.05. The molecule has 2 unspecified atom stereocenters. The third-order valence-electron chi connectivity index (χ3n) is 5.02. The summed E-state index contributed by atoms with van der Waals surface area (Å²) in [5.41, 5.74) is 0.416. The highest BCUT2D eigenvalue weighted by molar-refractivity contribution is 8.14. The van der Waals surface area contributed by atoms with Gasteiger partial charge in [0.15, 0.2) is 5.17 Å². The van der Waals surface area contributed by atoms with Crippen LogP contribution in [0.4, 0.5) is 0 Å². The minimum atomic E-state index is 0.416. The van der Waals surface area contributed by atoms with Crippen LogP contribution < -0.4 is 5.32 Å². The minimum absolute atomic E-state index is 0.416. The molecule has 0 aromatic carbocycles. The SMILES string of the molecule is CC1CCCCC1N=C1NC2(CCCCC2)CS1. The van der Waals surface area contributed by atoms with Crippen LogP contribution in [0.1, 0.15) is 64.7 Å². The van der Waals surface area contributed by atoms with Crippen molar-refractivity contribution in [2.45, 2.75) is 76.3 Å². The molecule has 3 fully saturated rings. The van der Waals surface area contributed by atoms with Gasteiger partial charge in [-0.1, -0.05) is 50.8 Å². The first-order chi connectivity index (χ1) is 8.77. The molecule has 3 aliphatic rings. The molecule has 2 aliphatic carbocycles. The summed E-state index contributed by atoms with van der Waals surface area (Å²) in [7, 11) is 0. The maximum Gasteiger partial charge on any atom is 0.157 e. The molecule has 102 valence electrons. The van der Waals surface area contributed by atoms with E-state index in [1.54, 1.807) is 0 Å².